The number of amides is 1. The molecule has 0 saturated heterocycles. The third-order valence-corrected chi connectivity index (χ3v) is 6.70. The highest BCUT2D eigenvalue weighted by atomic mass is 32.2. The summed E-state index contributed by atoms with van der Waals surface area (Å²) < 4.78 is 34.6. The molecular formula is C25H28N2O4S. The van der Waals surface area contributed by atoms with Crippen LogP contribution in [-0.4, -0.2) is 21.4 Å². The number of anilines is 2. The summed E-state index contributed by atoms with van der Waals surface area (Å²) in [7, 11) is -2.42. The Morgan fingerprint density at radius 1 is 0.938 bits per heavy atom. The Morgan fingerprint density at radius 2 is 1.59 bits per heavy atom. The van der Waals surface area contributed by atoms with Crippen LogP contribution in [0.2, 0.25) is 0 Å². The zero-order valence-electron chi connectivity index (χ0n) is 18.7. The molecule has 0 aromatic heterocycles. The van der Waals surface area contributed by atoms with E-state index in [9.17, 15) is 13.2 Å². The van der Waals surface area contributed by atoms with Crippen molar-refractivity contribution in [1.29, 1.82) is 0 Å². The van der Waals surface area contributed by atoms with E-state index in [0.717, 1.165) is 16.7 Å². The van der Waals surface area contributed by atoms with E-state index in [1.54, 1.807) is 12.1 Å². The van der Waals surface area contributed by atoms with Crippen molar-refractivity contribution in [3.63, 3.8) is 0 Å². The van der Waals surface area contributed by atoms with Crippen LogP contribution < -0.4 is 14.8 Å². The number of carbonyl (C=O) groups excluding carboxylic acids is 1. The van der Waals surface area contributed by atoms with Gasteiger partial charge in [0, 0.05) is 5.56 Å². The Kier molecular flexibility index (Phi) is 7.20. The number of rotatable bonds is 8. The monoisotopic (exact) mass is 452 g/mol. The summed E-state index contributed by atoms with van der Waals surface area (Å²) in [5.74, 6) is 0.0302. The number of nitrogens with one attached hydrogen (secondary N) is 2. The van der Waals surface area contributed by atoms with Crippen molar-refractivity contribution >= 4 is 27.3 Å². The van der Waals surface area contributed by atoms with Crippen LogP contribution in [0.3, 0.4) is 0 Å². The van der Waals surface area contributed by atoms with Gasteiger partial charge in [0.1, 0.15) is 5.75 Å². The van der Waals surface area contributed by atoms with Gasteiger partial charge in [-0.25, -0.2) is 8.42 Å². The topological polar surface area (TPSA) is 84.5 Å². The van der Waals surface area contributed by atoms with Crippen molar-refractivity contribution in [3.8, 4) is 5.75 Å². The lowest BCUT2D eigenvalue weighted by Crippen LogP contribution is -2.17. The summed E-state index contributed by atoms with van der Waals surface area (Å²) in [6, 6.07) is 17.4. The van der Waals surface area contributed by atoms with Gasteiger partial charge in [-0.15, -0.1) is 0 Å². The second-order valence-corrected chi connectivity index (χ2v) is 9.08. The number of methoxy groups -OCH3 is 1. The molecule has 0 fully saturated rings. The molecule has 0 unspecified atom stereocenters. The van der Waals surface area contributed by atoms with Gasteiger partial charge in [-0.3, -0.25) is 9.52 Å². The van der Waals surface area contributed by atoms with Gasteiger partial charge < -0.3 is 10.1 Å². The Bertz CT molecular complexity index is 1210. The highest BCUT2D eigenvalue weighted by Crippen LogP contribution is 2.31. The molecule has 0 bridgehead atoms. The molecule has 0 radical (unpaired) electrons. The smallest absolute Gasteiger partial charge is 0.261 e. The third kappa shape index (κ3) is 4.94. The third-order valence-electron chi connectivity index (χ3n) is 5.35. The number of ether oxygens (including phenoxy) is 1. The summed E-state index contributed by atoms with van der Waals surface area (Å²) >= 11 is 0. The molecule has 32 heavy (non-hydrogen) atoms. The average molecular weight is 453 g/mol. The van der Waals surface area contributed by atoms with Crippen LogP contribution in [0.25, 0.3) is 0 Å². The van der Waals surface area contributed by atoms with E-state index in [2.05, 4.69) is 10.0 Å². The first-order valence-corrected chi connectivity index (χ1v) is 12.0. The van der Waals surface area contributed by atoms with Gasteiger partial charge in [0.2, 0.25) is 0 Å². The fourth-order valence-corrected chi connectivity index (χ4v) is 4.71. The lowest BCUT2D eigenvalue weighted by Gasteiger charge is -2.17. The normalized spacial score (nSPS) is 11.1. The van der Waals surface area contributed by atoms with E-state index in [1.165, 1.54) is 25.3 Å². The van der Waals surface area contributed by atoms with Gasteiger partial charge in [-0.2, -0.15) is 0 Å². The Balaban J connectivity index is 1.97. The van der Waals surface area contributed by atoms with Crippen molar-refractivity contribution in [1.82, 2.24) is 0 Å². The van der Waals surface area contributed by atoms with E-state index in [0.29, 0.717) is 29.8 Å². The second-order valence-electron chi connectivity index (χ2n) is 7.40. The molecule has 2 N–H and O–H groups in total. The van der Waals surface area contributed by atoms with E-state index in [4.69, 9.17) is 4.74 Å². The number of aryl methyl sites for hydroxylation is 3. The summed E-state index contributed by atoms with van der Waals surface area (Å²) in [6.07, 6.45) is 1.40. The van der Waals surface area contributed by atoms with Gasteiger partial charge in [-0.1, -0.05) is 50.2 Å². The van der Waals surface area contributed by atoms with Gasteiger partial charge in [0.15, 0.2) is 0 Å². The van der Waals surface area contributed by atoms with Crippen LogP contribution >= 0.6 is 0 Å². The first-order valence-electron chi connectivity index (χ1n) is 10.5. The van der Waals surface area contributed by atoms with Crippen LogP contribution in [0.5, 0.6) is 5.75 Å². The molecule has 3 aromatic rings. The van der Waals surface area contributed by atoms with Crippen LogP contribution in [0.1, 0.15) is 40.9 Å². The molecule has 7 heteroatoms. The number of para-hydroxylation sites is 1. The molecule has 0 spiro atoms. The van der Waals surface area contributed by atoms with E-state index < -0.39 is 10.0 Å². The van der Waals surface area contributed by atoms with Gasteiger partial charge in [-0.05, 0) is 60.7 Å². The molecule has 1 amide bonds. The summed E-state index contributed by atoms with van der Waals surface area (Å²) in [5, 5.41) is 2.78. The lowest BCUT2D eigenvalue weighted by atomic mass is 10.0. The van der Waals surface area contributed by atoms with Gasteiger partial charge >= 0.3 is 0 Å². The molecule has 3 aromatic carbocycles. The first-order chi connectivity index (χ1) is 15.3. The zero-order valence-corrected chi connectivity index (χ0v) is 19.5. The average Bonchev–Trinajstić information content (AvgIpc) is 2.79. The molecule has 0 atom stereocenters. The van der Waals surface area contributed by atoms with Gasteiger partial charge in [0.05, 0.1) is 23.4 Å². The molecule has 3 rings (SSSR count). The maximum Gasteiger partial charge on any atom is 0.261 e. The molecule has 0 saturated carbocycles. The number of carbonyl (C=O) groups is 1. The predicted octanol–water partition coefficient (Wildman–Crippen LogP) is 5.18. The number of hydrogen-bond donors (Lipinski definition) is 2. The van der Waals surface area contributed by atoms with E-state index in [1.807, 2.05) is 51.1 Å². The molecule has 0 aliphatic carbocycles. The molecular weight excluding hydrogens is 424 g/mol. The Hall–Kier alpha value is -3.32. The van der Waals surface area contributed by atoms with E-state index >= 15 is 0 Å². The van der Waals surface area contributed by atoms with Crippen molar-refractivity contribution in [3.05, 3.63) is 82.9 Å². The van der Waals surface area contributed by atoms with Crippen LogP contribution in [-0.2, 0) is 22.9 Å². The molecule has 0 aliphatic heterocycles. The van der Waals surface area contributed by atoms with Crippen LogP contribution in [0, 0.1) is 6.92 Å². The van der Waals surface area contributed by atoms with Crippen LogP contribution in [0.4, 0.5) is 11.4 Å². The number of sulfonamides is 1. The fourth-order valence-electron chi connectivity index (χ4n) is 3.54. The summed E-state index contributed by atoms with van der Waals surface area (Å²) in [6.45, 7) is 5.81. The van der Waals surface area contributed by atoms with Crippen LogP contribution in [0.15, 0.2) is 65.6 Å². The summed E-state index contributed by atoms with van der Waals surface area (Å²) in [5.41, 5.74) is 4.06. The van der Waals surface area contributed by atoms with Crippen molar-refractivity contribution in [2.24, 2.45) is 0 Å². The second kappa shape index (κ2) is 9.87. The van der Waals surface area contributed by atoms with Gasteiger partial charge in [0.25, 0.3) is 15.9 Å². The molecule has 0 aliphatic rings. The minimum absolute atomic E-state index is 0.0337. The number of hydrogen-bond acceptors (Lipinski definition) is 4. The van der Waals surface area contributed by atoms with Crippen molar-refractivity contribution < 1.29 is 17.9 Å². The quantitative estimate of drug-likeness (QED) is 0.493. The fraction of sp³-hybridized carbons (Fsp3) is 0.240. The van der Waals surface area contributed by atoms with Crippen molar-refractivity contribution in [2.75, 3.05) is 17.1 Å². The first kappa shape index (κ1) is 23.3. The SMILES string of the molecule is CCc1cccc(CC)c1NS(=O)(=O)c1ccc(OC)c(NC(=O)c2ccccc2C)c1. The van der Waals surface area contributed by atoms with E-state index in [-0.39, 0.29) is 16.5 Å². The Morgan fingerprint density at radius 3 is 2.19 bits per heavy atom. The largest absolute Gasteiger partial charge is 0.495 e. The minimum atomic E-state index is -3.89. The molecule has 6 nitrogen and oxygen atoms in total. The Labute approximate surface area is 189 Å². The highest BCUT2D eigenvalue weighted by Gasteiger charge is 2.21. The molecule has 0 heterocycles. The minimum Gasteiger partial charge on any atom is -0.495 e. The summed E-state index contributed by atoms with van der Waals surface area (Å²) in [4.78, 5) is 12.8. The zero-order chi connectivity index (χ0) is 23.3. The molecule has 168 valence electrons. The highest BCUT2D eigenvalue weighted by molar-refractivity contribution is 7.92. The predicted molar refractivity (Wildman–Crippen MR) is 128 cm³/mol. The standard InChI is InChI=1S/C25H28N2O4S/c1-5-18-11-9-12-19(6-2)24(18)27-32(29,30)20-14-15-23(31-4)22(16-20)26-25(28)21-13-8-7-10-17(21)3/h7-16,27H,5-6H2,1-4H3,(H,26,28). The maximum absolute atomic E-state index is 13.2. The maximum atomic E-state index is 13.2. The lowest BCUT2D eigenvalue weighted by molar-refractivity contribution is 0.102. The van der Waals surface area contributed by atoms with Crippen molar-refractivity contribution in [2.45, 2.75) is 38.5 Å². The number of benzene rings is 3.